The van der Waals surface area contributed by atoms with Crippen LogP contribution in [0.3, 0.4) is 0 Å². The van der Waals surface area contributed by atoms with Crippen LogP contribution in [0.5, 0.6) is 0 Å². The molecule has 1 aromatic carbocycles. The minimum atomic E-state index is 0.523. The summed E-state index contributed by atoms with van der Waals surface area (Å²) in [6.45, 7) is 1.81. The van der Waals surface area contributed by atoms with Crippen LogP contribution in [-0.2, 0) is 0 Å². The molecule has 0 amide bonds. The second kappa shape index (κ2) is 3.78. The molecule has 0 saturated heterocycles. The summed E-state index contributed by atoms with van der Waals surface area (Å²) < 4.78 is 0. The Morgan fingerprint density at radius 2 is 1.92 bits per heavy atom. The van der Waals surface area contributed by atoms with Crippen molar-refractivity contribution >= 4 is 29.4 Å². The zero-order valence-electron chi connectivity index (χ0n) is 6.38. The van der Waals surface area contributed by atoms with Crippen molar-refractivity contribution in [3.8, 4) is 0 Å². The van der Waals surface area contributed by atoms with Crippen molar-refractivity contribution in [2.24, 2.45) is 5.16 Å². The maximum Gasteiger partial charge on any atom is 0.0752 e. The van der Waals surface area contributed by atoms with E-state index >= 15 is 0 Å². The number of nitrogens with zero attached hydrogens (tertiary/aromatic N) is 1. The molecule has 0 aliphatic heterocycles. The van der Waals surface area contributed by atoms with Gasteiger partial charge in [0.05, 0.1) is 6.21 Å². The smallest absolute Gasteiger partial charge is 0.0752 e. The molecule has 0 fully saturated rings. The third kappa shape index (κ3) is 1.71. The van der Waals surface area contributed by atoms with E-state index in [-0.39, 0.29) is 0 Å². The van der Waals surface area contributed by atoms with Gasteiger partial charge in [-0.05, 0) is 24.6 Å². The first-order valence-electron chi connectivity index (χ1n) is 3.29. The fourth-order valence-corrected chi connectivity index (χ4v) is 1.30. The van der Waals surface area contributed by atoms with Gasteiger partial charge >= 0.3 is 0 Å². The number of hydrogen-bond acceptors (Lipinski definition) is 2. The van der Waals surface area contributed by atoms with Crippen molar-refractivity contribution in [2.75, 3.05) is 0 Å². The molecule has 0 aliphatic carbocycles. The van der Waals surface area contributed by atoms with Gasteiger partial charge in [0.25, 0.3) is 0 Å². The Morgan fingerprint density at radius 3 is 2.50 bits per heavy atom. The quantitative estimate of drug-likeness (QED) is 0.425. The van der Waals surface area contributed by atoms with E-state index in [1.165, 1.54) is 6.21 Å². The van der Waals surface area contributed by atoms with Crippen LogP contribution in [0.1, 0.15) is 11.1 Å². The summed E-state index contributed by atoms with van der Waals surface area (Å²) in [6.07, 6.45) is 1.27. The molecular weight excluding hydrogens is 197 g/mol. The lowest BCUT2D eigenvalue weighted by Gasteiger charge is -2.03. The molecule has 1 rings (SSSR count). The lowest BCUT2D eigenvalue weighted by atomic mass is 10.1. The van der Waals surface area contributed by atoms with Crippen LogP contribution in [-0.4, -0.2) is 11.4 Å². The van der Waals surface area contributed by atoms with Crippen LogP contribution < -0.4 is 0 Å². The molecule has 0 aliphatic rings. The molecule has 0 spiro atoms. The van der Waals surface area contributed by atoms with Gasteiger partial charge in [-0.15, -0.1) is 0 Å². The van der Waals surface area contributed by atoms with Crippen molar-refractivity contribution in [3.05, 3.63) is 33.3 Å². The second-order valence-electron chi connectivity index (χ2n) is 2.31. The van der Waals surface area contributed by atoms with E-state index in [1.54, 1.807) is 12.1 Å². The normalized spacial score (nSPS) is 10.9. The van der Waals surface area contributed by atoms with Gasteiger partial charge < -0.3 is 5.21 Å². The molecule has 1 aromatic rings. The third-order valence-corrected chi connectivity index (χ3v) is 2.32. The molecule has 0 saturated carbocycles. The van der Waals surface area contributed by atoms with Gasteiger partial charge in [-0.2, -0.15) is 0 Å². The fraction of sp³-hybridized carbons (Fsp3) is 0.125. The molecule has 1 N–H and O–H groups in total. The lowest BCUT2D eigenvalue weighted by molar-refractivity contribution is 0.322. The molecule has 0 heterocycles. The summed E-state index contributed by atoms with van der Waals surface area (Å²) in [5, 5.41) is 12.4. The summed E-state index contributed by atoms with van der Waals surface area (Å²) >= 11 is 11.6. The van der Waals surface area contributed by atoms with E-state index in [9.17, 15) is 0 Å². The second-order valence-corrected chi connectivity index (χ2v) is 3.13. The summed E-state index contributed by atoms with van der Waals surface area (Å²) in [4.78, 5) is 0. The fourth-order valence-electron chi connectivity index (χ4n) is 0.885. The highest BCUT2D eigenvalue weighted by atomic mass is 35.5. The Balaban J connectivity index is 3.32. The molecule has 12 heavy (non-hydrogen) atoms. The number of benzene rings is 1. The van der Waals surface area contributed by atoms with E-state index in [1.807, 2.05) is 6.92 Å². The summed E-state index contributed by atoms with van der Waals surface area (Å²) in [7, 11) is 0. The number of oxime groups is 1. The number of halogens is 2. The van der Waals surface area contributed by atoms with Crippen LogP contribution in [0.25, 0.3) is 0 Å². The Labute approximate surface area is 80.4 Å². The van der Waals surface area contributed by atoms with Gasteiger partial charge in [-0.3, -0.25) is 0 Å². The van der Waals surface area contributed by atoms with Gasteiger partial charge in [0, 0.05) is 15.6 Å². The molecule has 64 valence electrons. The summed E-state index contributed by atoms with van der Waals surface area (Å²) in [5.41, 5.74) is 1.45. The van der Waals surface area contributed by atoms with Crippen LogP contribution in [0.4, 0.5) is 0 Å². The third-order valence-electron chi connectivity index (χ3n) is 1.58. The Hall–Kier alpha value is -0.730. The van der Waals surface area contributed by atoms with Crippen LogP contribution in [0.15, 0.2) is 17.3 Å². The zero-order valence-corrected chi connectivity index (χ0v) is 7.89. The highest BCUT2D eigenvalue weighted by molar-refractivity contribution is 6.35. The largest absolute Gasteiger partial charge is 0.411 e. The molecule has 0 radical (unpaired) electrons. The van der Waals surface area contributed by atoms with Crippen molar-refractivity contribution in [1.29, 1.82) is 0 Å². The molecule has 0 aromatic heterocycles. The Morgan fingerprint density at radius 1 is 1.33 bits per heavy atom. The van der Waals surface area contributed by atoms with Crippen LogP contribution in [0, 0.1) is 6.92 Å². The van der Waals surface area contributed by atoms with Gasteiger partial charge in [0.1, 0.15) is 0 Å². The first-order valence-corrected chi connectivity index (χ1v) is 4.04. The van der Waals surface area contributed by atoms with E-state index in [2.05, 4.69) is 5.16 Å². The summed E-state index contributed by atoms with van der Waals surface area (Å²) in [6, 6.07) is 3.36. The van der Waals surface area contributed by atoms with E-state index < -0.39 is 0 Å². The predicted molar refractivity (Wildman–Crippen MR) is 50.6 cm³/mol. The number of rotatable bonds is 1. The monoisotopic (exact) mass is 203 g/mol. The lowest BCUT2D eigenvalue weighted by Crippen LogP contribution is -1.89. The highest BCUT2D eigenvalue weighted by Crippen LogP contribution is 2.24. The molecule has 0 atom stereocenters. The van der Waals surface area contributed by atoms with Gasteiger partial charge in [-0.1, -0.05) is 28.4 Å². The minimum absolute atomic E-state index is 0.523. The molecule has 4 heteroatoms. The molecule has 0 bridgehead atoms. The van der Waals surface area contributed by atoms with E-state index in [0.29, 0.717) is 15.6 Å². The van der Waals surface area contributed by atoms with Crippen molar-refractivity contribution in [2.45, 2.75) is 6.92 Å². The highest BCUT2D eigenvalue weighted by Gasteiger charge is 2.04. The number of hydrogen-bond donors (Lipinski definition) is 1. The average Bonchev–Trinajstić information content (AvgIpc) is 2.06. The maximum absolute atomic E-state index is 8.33. The van der Waals surface area contributed by atoms with E-state index in [0.717, 1.165) is 5.56 Å². The van der Waals surface area contributed by atoms with Crippen molar-refractivity contribution < 1.29 is 5.21 Å². The Kier molecular flexibility index (Phi) is 2.95. The van der Waals surface area contributed by atoms with Gasteiger partial charge in [0.2, 0.25) is 0 Å². The summed E-state index contributed by atoms with van der Waals surface area (Å²) in [5.74, 6) is 0. The average molecular weight is 204 g/mol. The predicted octanol–water partition coefficient (Wildman–Crippen LogP) is 3.11. The SMILES string of the molecule is Cc1c(Cl)ccc(Cl)c1/C=N/O. The van der Waals surface area contributed by atoms with Crippen LogP contribution in [0.2, 0.25) is 10.0 Å². The van der Waals surface area contributed by atoms with E-state index in [4.69, 9.17) is 28.4 Å². The standard InChI is InChI=1S/C8H7Cl2NO/c1-5-6(4-11-12)8(10)3-2-7(5)9/h2-4,12H,1H3/b11-4+. The topological polar surface area (TPSA) is 32.6 Å². The first-order chi connectivity index (χ1) is 5.66. The molecule has 0 unspecified atom stereocenters. The molecule has 2 nitrogen and oxygen atoms in total. The zero-order chi connectivity index (χ0) is 9.14. The maximum atomic E-state index is 8.33. The Bertz CT molecular complexity index is 323. The van der Waals surface area contributed by atoms with Gasteiger partial charge in [0.15, 0.2) is 0 Å². The first kappa shape index (κ1) is 9.36. The van der Waals surface area contributed by atoms with Crippen LogP contribution >= 0.6 is 23.2 Å². The molecular formula is C8H7Cl2NO. The van der Waals surface area contributed by atoms with Gasteiger partial charge in [-0.25, -0.2) is 0 Å². The van der Waals surface area contributed by atoms with Crippen molar-refractivity contribution in [3.63, 3.8) is 0 Å². The van der Waals surface area contributed by atoms with Crippen molar-refractivity contribution in [1.82, 2.24) is 0 Å². The minimum Gasteiger partial charge on any atom is -0.411 e.